The zero-order valence-corrected chi connectivity index (χ0v) is 33.5. The van der Waals surface area contributed by atoms with Crippen LogP contribution >= 0.6 is 23.2 Å². The number of nitrogens with one attached hydrogen (secondary N) is 2. The molecule has 0 spiro atoms. The normalized spacial score (nSPS) is 13.6. The summed E-state index contributed by atoms with van der Waals surface area (Å²) in [6.07, 6.45) is 1.88. The zero-order chi connectivity index (χ0) is 39.1. The molecule has 0 saturated carbocycles. The summed E-state index contributed by atoms with van der Waals surface area (Å²) in [6, 6.07) is 13.3. The largest absolute Gasteiger partial charge is 0.494 e. The second-order valence-corrected chi connectivity index (χ2v) is 15.2. The standard InChI is InChI=1S/C42H46Cl2N6O5/c1-23-18-29(19-24(2)37(23)44)55-15-7-8-30-31-9-10-32(43)36(35-25(3)47-49(6)26(35)4)38(31)46-39(30)41(51)45-33-21-27(11-12-50-13-16-54-17-14-50)20-28-22-34(42(52)53)48(5)40(28)33/h9-10,18-22,46H,7-8,11-17H2,1-6H3,(H,45,51)(H,52,53). The molecule has 6 aromatic rings. The van der Waals surface area contributed by atoms with Gasteiger partial charge in [0.1, 0.15) is 17.1 Å². The van der Waals surface area contributed by atoms with E-state index in [2.05, 4.69) is 20.3 Å². The van der Waals surface area contributed by atoms with Gasteiger partial charge in [-0.05, 0) is 106 Å². The number of ether oxygens (including phenoxy) is 2. The maximum Gasteiger partial charge on any atom is 0.352 e. The van der Waals surface area contributed by atoms with Crippen molar-refractivity contribution >= 4 is 62.6 Å². The fraction of sp³-hybridized carbons (Fsp3) is 0.357. The van der Waals surface area contributed by atoms with Crippen LogP contribution in [0.25, 0.3) is 32.9 Å². The molecule has 0 radical (unpaired) electrons. The van der Waals surface area contributed by atoms with E-state index in [0.717, 1.165) is 97.9 Å². The van der Waals surface area contributed by atoms with Crippen molar-refractivity contribution in [2.24, 2.45) is 14.1 Å². The molecule has 1 fully saturated rings. The molecule has 4 heterocycles. The highest BCUT2D eigenvalue weighted by atomic mass is 35.5. The van der Waals surface area contributed by atoms with E-state index in [1.165, 1.54) is 0 Å². The molecule has 288 valence electrons. The van der Waals surface area contributed by atoms with Gasteiger partial charge in [-0.25, -0.2) is 4.79 Å². The number of amides is 1. The third kappa shape index (κ3) is 7.58. The van der Waals surface area contributed by atoms with Crippen molar-refractivity contribution in [2.45, 2.75) is 47.0 Å². The average Bonchev–Trinajstić information content (AvgIpc) is 3.78. The van der Waals surface area contributed by atoms with Crippen LogP contribution in [0.5, 0.6) is 5.75 Å². The number of carbonyl (C=O) groups is 2. The molecule has 13 heteroatoms. The summed E-state index contributed by atoms with van der Waals surface area (Å²) < 4.78 is 15.2. The SMILES string of the molecule is Cc1cc(OCCCc2c(C(=O)Nc3cc(CCN4CCOCC4)cc4cc(C(=O)O)n(C)c34)[nH]c3c(-c4c(C)nn(C)c4C)c(Cl)ccc23)cc(C)c1Cl. The monoisotopic (exact) mass is 784 g/mol. The maximum absolute atomic E-state index is 14.7. The van der Waals surface area contributed by atoms with Crippen LogP contribution in [0.15, 0.2) is 42.5 Å². The van der Waals surface area contributed by atoms with Gasteiger partial charge in [0.15, 0.2) is 0 Å². The van der Waals surface area contributed by atoms with Gasteiger partial charge in [-0.3, -0.25) is 14.4 Å². The number of hydrogen-bond acceptors (Lipinski definition) is 6. The molecule has 3 aromatic heterocycles. The number of aromatic nitrogens is 4. The number of hydrogen-bond donors (Lipinski definition) is 3. The van der Waals surface area contributed by atoms with Crippen LogP contribution < -0.4 is 10.1 Å². The van der Waals surface area contributed by atoms with Crippen LogP contribution in [0.4, 0.5) is 5.69 Å². The first-order valence-corrected chi connectivity index (χ1v) is 19.3. The van der Waals surface area contributed by atoms with E-state index in [0.29, 0.717) is 54.6 Å². The molecule has 3 aromatic carbocycles. The van der Waals surface area contributed by atoms with Crippen molar-refractivity contribution in [2.75, 3.05) is 44.8 Å². The first-order chi connectivity index (χ1) is 26.3. The number of carbonyl (C=O) groups excluding carboxylic acids is 1. The second kappa shape index (κ2) is 15.7. The first kappa shape index (κ1) is 38.5. The Balaban J connectivity index is 1.28. The van der Waals surface area contributed by atoms with Gasteiger partial charge in [0.2, 0.25) is 0 Å². The highest BCUT2D eigenvalue weighted by Gasteiger charge is 2.26. The number of fused-ring (bicyclic) bond motifs is 2. The number of benzene rings is 3. The minimum atomic E-state index is -1.04. The fourth-order valence-corrected chi connectivity index (χ4v) is 8.23. The lowest BCUT2D eigenvalue weighted by Crippen LogP contribution is -2.37. The number of morpholine rings is 1. The molecular weight excluding hydrogens is 739 g/mol. The Morgan fingerprint density at radius 3 is 2.38 bits per heavy atom. The maximum atomic E-state index is 14.7. The molecule has 55 heavy (non-hydrogen) atoms. The molecule has 0 bridgehead atoms. The summed E-state index contributed by atoms with van der Waals surface area (Å²) in [5, 5.41) is 20.8. The lowest BCUT2D eigenvalue weighted by molar-refractivity contribution is 0.0384. The molecule has 0 atom stereocenters. The number of anilines is 1. The fourth-order valence-electron chi connectivity index (χ4n) is 7.87. The summed E-state index contributed by atoms with van der Waals surface area (Å²) in [4.78, 5) is 32.7. The van der Waals surface area contributed by atoms with E-state index in [-0.39, 0.29) is 11.6 Å². The van der Waals surface area contributed by atoms with Crippen LogP contribution in [-0.4, -0.2) is 80.7 Å². The summed E-state index contributed by atoms with van der Waals surface area (Å²) in [5.74, 6) is -0.642. The molecule has 1 amide bonds. The number of H-pyrrole nitrogens is 1. The molecule has 1 aliphatic heterocycles. The minimum Gasteiger partial charge on any atom is -0.494 e. The Bertz CT molecular complexity index is 2430. The van der Waals surface area contributed by atoms with Crippen molar-refractivity contribution in [3.8, 4) is 16.9 Å². The van der Waals surface area contributed by atoms with Gasteiger partial charge in [0, 0.05) is 66.3 Å². The molecule has 0 aliphatic carbocycles. The van der Waals surface area contributed by atoms with Gasteiger partial charge in [-0.1, -0.05) is 29.3 Å². The number of aromatic amines is 1. The van der Waals surface area contributed by atoms with Gasteiger partial charge in [-0.2, -0.15) is 5.10 Å². The minimum absolute atomic E-state index is 0.134. The number of carboxylic acid groups (broad SMARTS) is 1. The molecule has 1 saturated heterocycles. The van der Waals surface area contributed by atoms with Gasteiger partial charge in [-0.15, -0.1) is 0 Å². The quantitative estimate of drug-likeness (QED) is 0.106. The molecule has 1 aliphatic rings. The van der Waals surface area contributed by atoms with Crippen molar-refractivity contribution in [3.63, 3.8) is 0 Å². The Morgan fingerprint density at radius 1 is 0.982 bits per heavy atom. The first-order valence-electron chi connectivity index (χ1n) is 18.5. The summed E-state index contributed by atoms with van der Waals surface area (Å²) in [6.45, 7) is 12.2. The number of aromatic carboxylic acids is 1. The van der Waals surface area contributed by atoms with Crippen LogP contribution in [-0.2, 0) is 31.7 Å². The summed E-state index contributed by atoms with van der Waals surface area (Å²) >= 11 is 13.4. The van der Waals surface area contributed by atoms with E-state index in [1.54, 1.807) is 17.7 Å². The van der Waals surface area contributed by atoms with Crippen LogP contribution in [0.2, 0.25) is 10.0 Å². The third-order valence-electron chi connectivity index (χ3n) is 10.7. The average molecular weight is 786 g/mol. The lowest BCUT2D eigenvalue weighted by atomic mass is 9.98. The van der Waals surface area contributed by atoms with Crippen LogP contribution in [0.1, 0.15) is 61.0 Å². The Kier molecular flexibility index (Phi) is 11.0. The molecule has 11 nitrogen and oxygen atoms in total. The van der Waals surface area contributed by atoms with Crippen molar-refractivity contribution in [1.29, 1.82) is 0 Å². The highest BCUT2D eigenvalue weighted by molar-refractivity contribution is 6.35. The molecule has 3 N–H and O–H groups in total. The lowest BCUT2D eigenvalue weighted by Gasteiger charge is -2.26. The Morgan fingerprint density at radius 2 is 1.71 bits per heavy atom. The molecule has 0 unspecified atom stereocenters. The van der Waals surface area contributed by atoms with Crippen molar-refractivity contribution < 1.29 is 24.2 Å². The number of rotatable bonds is 12. The predicted molar refractivity (Wildman–Crippen MR) is 219 cm³/mol. The van der Waals surface area contributed by atoms with Gasteiger partial charge < -0.3 is 29.4 Å². The van der Waals surface area contributed by atoms with Gasteiger partial charge in [0.05, 0.1) is 47.3 Å². The molecule has 7 rings (SSSR count). The van der Waals surface area contributed by atoms with Crippen LogP contribution in [0.3, 0.4) is 0 Å². The summed E-state index contributed by atoms with van der Waals surface area (Å²) in [5.41, 5.74) is 9.64. The van der Waals surface area contributed by atoms with Crippen molar-refractivity contribution in [1.82, 2.24) is 24.2 Å². The molecular formula is C42H46Cl2N6O5. The number of nitrogens with zero attached hydrogens (tertiary/aromatic N) is 4. The number of halogens is 2. The topological polar surface area (TPSA) is 127 Å². The smallest absolute Gasteiger partial charge is 0.352 e. The van der Waals surface area contributed by atoms with E-state index >= 15 is 0 Å². The van der Waals surface area contributed by atoms with E-state index in [4.69, 9.17) is 32.7 Å². The van der Waals surface area contributed by atoms with Gasteiger partial charge in [0.25, 0.3) is 5.91 Å². The van der Waals surface area contributed by atoms with Crippen molar-refractivity contribution in [3.05, 3.63) is 97.5 Å². The predicted octanol–water partition coefficient (Wildman–Crippen LogP) is 8.44. The highest BCUT2D eigenvalue weighted by Crippen LogP contribution is 2.41. The zero-order valence-electron chi connectivity index (χ0n) is 32.0. The second-order valence-electron chi connectivity index (χ2n) is 14.4. The summed E-state index contributed by atoms with van der Waals surface area (Å²) in [7, 11) is 3.61. The Hall–Kier alpha value is -4.81. The van der Waals surface area contributed by atoms with E-state index in [9.17, 15) is 14.7 Å². The van der Waals surface area contributed by atoms with Gasteiger partial charge >= 0.3 is 5.97 Å². The van der Waals surface area contributed by atoms with E-state index < -0.39 is 5.97 Å². The number of carboxylic acids is 1. The van der Waals surface area contributed by atoms with Crippen LogP contribution in [0, 0.1) is 27.7 Å². The Labute approximate surface area is 330 Å². The third-order valence-corrected chi connectivity index (χ3v) is 11.7. The van der Waals surface area contributed by atoms with E-state index in [1.807, 2.05) is 75.8 Å². The number of aryl methyl sites for hydroxylation is 6.